The van der Waals surface area contributed by atoms with Gasteiger partial charge in [-0.15, -0.1) is 6.58 Å². The van der Waals surface area contributed by atoms with E-state index in [1.807, 2.05) is 49.6 Å². The summed E-state index contributed by atoms with van der Waals surface area (Å²) in [5.74, 6) is 0.836. The molecular weight excluding hydrogens is 448 g/mol. The van der Waals surface area contributed by atoms with Crippen molar-refractivity contribution in [3.63, 3.8) is 0 Å². The average Bonchev–Trinajstić information content (AvgIpc) is 2.93. The second kappa shape index (κ2) is 10.1. The van der Waals surface area contributed by atoms with Gasteiger partial charge in [-0.05, 0) is 72.8 Å². The Morgan fingerprint density at radius 2 is 1.92 bits per heavy atom. The van der Waals surface area contributed by atoms with Gasteiger partial charge >= 0.3 is 0 Å². The number of amides is 1. The quantitative estimate of drug-likeness (QED) is 0.460. The summed E-state index contributed by atoms with van der Waals surface area (Å²) in [6.45, 7) is 6.60. The summed E-state index contributed by atoms with van der Waals surface area (Å²) in [4.78, 5) is 15.8. The molecule has 36 heavy (non-hydrogen) atoms. The van der Waals surface area contributed by atoms with Crippen LogP contribution >= 0.6 is 0 Å². The van der Waals surface area contributed by atoms with Crippen molar-refractivity contribution in [2.24, 2.45) is 0 Å². The number of benzene rings is 3. The number of nitrogens with zero attached hydrogens (tertiary/aromatic N) is 1. The van der Waals surface area contributed by atoms with Crippen LogP contribution in [0.2, 0.25) is 0 Å². The van der Waals surface area contributed by atoms with Crippen molar-refractivity contribution < 1.29 is 14.3 Å². The lowest BCUT2D eigenvalue weighted by atomic mass is 9.55. The number of likely N-dealkylation sites (tertiary alicyclic amines) is 1. The summed E-state index contributed by atoms with van der Waals surface area (Å²) in [6.07, 6.45) is 5.49. The molecule has 5 heteroatoms. The van der Waals surface area contributed by atoms with Crippen LogP contribution in [0.4, 0.5) is 0 Å². The van der Waals surface area contributed by atoms with Gasteiger partial charge in [0.1, 0.15) is 5.75 Å². The van der Waals surface area contributed by atoms with Gasteiger partial charge in [-0.1, -0.05) is 48.5 Å². The molecule has 1 saturated carbocycles. The zero-order valence-corrected chi connectivity index (χ0v) is 21.3. The number of piperidine rings is 1. The smallest absolute Gasteiger partial charge is 0.251 e. The highest BCUT2D eigenvalue weighted by atomic mass is 16.5. The number of ether oxygens (including phenoxy) is 2. The lowest BCUT2D eigenvalue weighted by Gasteiger charge is -2.59. The lowest BCUT2D eigenvalue weighted by molar-refractivity contribution is -0.146. The monoisotopic (exact) mass is 484 g/mol. The number of methoxy groups -OCH3 is 2. The van der Waals surface area contributed by atoms with Crippen LogP contribution in [0.15, 0.2) is 79.4 Å². The third kappa shape index (κ3) is 4.31. The first-order chi connectivity index (χ1) is 17.5. The van der Waals surface area contributed by atoms with E-state index in [1.54, 1.807) is 7.11 Å². The molecule has 1 saturated heterocycles. The molecule has 3 aromatic carbocycles. The number of fused-ring (bicyclic) bond motifs is 2. The van der Waals surface area contributed by atoms with E-state index in [4.69, 9.17) is 9.47 Å². The van der Waals surface area contributed by atoms with Gasteiger partial charge in [0.15, 0.2) is 0 Å². The molecule has 3 aromatic rings. The fourth-order valence-electron chi connectivity index (χ4n) is 6.57. The highest BCUT2D eigenvalue weighted by Crippen LogP contribution is 2.53. The summed E-state index contributed by atoms with van der Waals surface area (Å²) < 4.78 is 12.0. The van der Waals surface area contributed by atoms with E-state index < -0.39 is 0 Å². The van der Waals surface area contributed by atoms with Gasteiger partial charge in [0, 0.05) is 37.2 Å². The molecule has 3 unspecified atom stereocenters. The Kier molecular flexibility index (Phi) is 6.87. The van der Waals surface area contributed by atoms with Crippen LogP contribution < -0.4 is 10.1 Å². The summed E-state index contributed by atoms with van der Waals surface area (Å²) in [7, 11) is 3.56. The number of hydrogen-bond acceptors (Lipinski definition) is 4. The minimum atomic E-state index is -0.342. The predicted octanol–water partition coefficient (Wildman–Crippen LogP) is 5.35. The van der Waals surface area contributed by atoms with E-state index in [9.17, 15) is 4.79 Å². The Morgan fingerprint density at radius 1 is 1.08 bits per heavy atom. The Bertz CT molecular complexity index is 1260. The molecule has 188 valence electrons. The van der Waals surface area contributed by atoms with Crippen molar-refractivity contribution in [3.05, 3.63) is 90.5 Å². The van der Waals surface area contributed by atoms with Crippen LogP contribution in [-0.2, 0) is 10.2 Å². The lowest BCUT2D eigenvalue weighted by Crippen LogP contribution is -2.67. The topological polar surface area (TPSA) is 50.8 Å². The minimum absolute atomic E-state index is 0.0134. The molecule has 3 atom stereocenters. The van der Waals surface area contributed by atoms with Crippen molar-refractivity contribution in [2.75, 3.05) is 33.9 Å². The molecule has 5 rings (SSSR count). The number of carbonyl (C=O) groups excluding carboxylic acids is 1. The number of nitrogens with one attached hydrogen (secondary N) is 1. The second-order valence-corrected chi connectivity index (χ2v) is 10.3. The fourth-order valence-corrected chi connectivity index (χ4v) is 6.57. The molecule has 0 aromatic heterocycles. The summed E-state index contributed by atoms with van der Waals surface area (Å²) in [6, 6.07) is 22.5. The third-order valence-electron chi connectivity index (χ3n) is 8.44. The normalized spacial score (nSPS) is 26.2. The van der Waals surface area contributed by atoms with E-state index >= 15 is 0 Å². The number of rotatable bonds is 7. The first kappa shape index (κ1) is 24.5. The first-order valence-electron chi connectivity index (χ1n) is 12.9. The van der Waals surface area contributed by atoms with Crippen LogP contribution in [0.3, 0.4) is 0 Å². The zero-order chi connectivity index (χ0) is 25.2. The third-order valence-corrected chi connectivity index (χ3v) is 8.44. The van der Waals surface area contributed by atoms with Gasteiger partial charge in [-0.2, -0.15) is 0 Å². The van der Waals surface area contributed by atoms with Crippen molar-refractivity contribution in [1.29, 1.82) is 0 Å². The van der Waals surface area contributed by atoms with Crippen molar-refractivity contribution >= 4 is 16.7 Å². The molecule has 1 aliphatic carbocycles. The zero-order valence-electron chi connectivity index (χ0n) is 21.3. The SMILES string of the molecule is C=CCN1CCC2(c3cccc(OC)c3)CC(NC(=O)c3ccc4ccccc4c3)CCC2(OC)C1. The van der Waals surface area contributed by atoms with Crippen molar-refractivity contribution in [3.8, 4) is 5.75 Å². The van der Waals surface area contributed by atoms with Crippen LogP contribution in [0.5, 0.6) is 5.75 Å². The van der Waals surface area contributed by atoms with E-state index in [0.717, 1.165) is 61.8 Å². The molecule has 0 radical (unpaired) electrons. The van der Waals surface area contributed by atoms with Crippen LogP contribution in [0, 0.1) is 0 Å². The largest absolute Gasteiger partial charge is 0.497 e. The van der Waals surface area contributed by atoms with Gasteiger partial charge in [0.2, 0.25) is 0 Å². The molecule has 1 aliphatic heterocycles. The van der Waals surface area contributed by atoms with Crippen molar-refractivity contribution in [1.82, 2.24) is 10.2 Å². The summed E-state index contributed by atoms with van der Waals surface area (Å²) in [5.41, 5.74) is 1.36. The summed E-state index contributed by atoms with van der Waals surface area (Å²) in [5, 5.41) is 5.60. The van der Waals surface area contributed by atoms with Gasteiger partial charge in [-0.3, -0.25) is 9.69 Å². The highest BCUT2D eigenvalue weighted by molar-refractivity contribution is 5.98. The number of hydrogen-bond donors (Lipinski definition) is 1. The van der Waals surface area contributed by atoms with E-state index in [2.05, 4.69) is 47.1 Å². The van der Waals surface area contributed by atoms with E-state index in [0.29, 0.717) is 5.56 Å². The van der Waals surface area contributed by atoms with Crippen LogP contribution in [-0.4, -0.2) is 56.3 Å². The van der Waals surface area contributed by atoms with Crippen LogP contribution in [0.25, 0.3) is 10.8 Å². The maximum Gasteiger partial charge on any atom is 0.251 e. The maximum absolute atomic E-state index is 13.4. The van der Waals surface area contributed by atoms with Gasteiger partial charge in [0.05, 0.1) is 12.7 Å². The predicted molar refractivity (Wildman–Crippen MR) is 145 cm³/mol. The standard InChI is InChI=1S/C31H36N2O3/c1-4-17-33-18-16-30(26-10-7-11-28(20-26)35-2)21-27(14-15-31(30,22-33)36-3)32-29(34)25-13-12-23-8-5-6-9-24(23)19-25/h4-13,19-20,27H,1,14-18,21-22H2,2-3H3,(H,32,34). The second-order valence-electron chi connectivity index (χ2n) is 10.3. The molecule has 1 heterocycles. The van der Waals surface area contributed by atoms with Gasteiger partial charge in [-0.25, -0.2) is 0 Å². The molecule has 1 N–H and O–H groups in total. The molecule has 0 spiro atoms. The number of carbonyl (C=O) groups is 1. The van der Waals surface area contributed by atoms with Gasteiger partial charge < -0.3 is 14.8 Å². The van der Waals surface area contributed by atoms with Gasteiger partial charge in [0.25, 0.3) is 5.91 Å². The van der Waals surface area contributed by atoms with E-state index in [1.165, 1.54) is 5.56 Å². The first-order valence-corrected chi connectivity index (χ1v) is 12.9. The minimum Gasteiger partial charge on any atom is -0.497 e. The highest BCUT2D eigenvalue weighted by Gasteiger charge is 2.58. The average molecular weight is 485 g/mol. The molecule has 5 nitrogen and oxygen atoms in total. The Balaban J connectivity index is 1.46. The Morgan fingerprint density at radius 3 is 2.69 bits per heavy atom. The molecule has 0 bridgehead atoms. The molecular formula is C31H36N2O3. The fraction of sp³-hybridized carbons (Fsp3) is 0.387. The Hall–Kier alpha value is -3.15. The molecule has 2 aliphatic rings. The maximum atomic E-state index is 13.4. The molecule has 1 amide bonds. The summed E-state index contributed by atoms with van der Waals surface area (Å²) >= 11 is 0. The van der Waals surface area contributed by atoms with Crippen LogP contribution in [0.1, 0.15) is 41.6 Å². The van der Waals surface area contributed by atoms with E-state index in [-0.39, 0.29) is 23.0 Å². The molecule has 2 fully saturated rings. The Labute approximate surface area is 214 Å². The van der Waals surface area contributed by atoms with Crippen molar-refractivity contribution in [2.45, 2.75) is 42.7 Å².